The molecular weight excluding hydrogens is 228 g/mol. The third kappa shape index (κ3) is 5.31. The molecule has 0 spiro atoms. The van der Waals surface area contributed by atoms with Crippen LogP contribution in [0.5, 0.6) is 5.88 Å². The molecular formula is C13H24N4O. The molecule has 0 aromatic carbocycles. The van der Waals surface area contributed by atoms with Gasteiger partial charge in [-0.3, -0.25) is 0 Å². The molecule has 5 nitrogen and oxygen atoms in total. The Bertz CT molecular complexity index is 357. The van der Waals surface area contributed by atoms with E-state index in [1.807, 2.05) is 20.0 Å². The van der Waals surface area contributed by atoms with Crippen LogP contribution in [0, 0.1) is 12.8 Å². The van der Waals surface area contributed by atoms with Crippen molar-refractivity contribution in [1.82, 2.24) is 15.3 Å². The van der Waals surface area contributed by atoms with Gasteiger partial charge in [-0.1, -0.05) is 13.8 Å². The predicted octanol–water partition coefficient (Wildman–Crippen LogP) is 1.84. The Kier molecular flexibility index (Phi) is 6.43. The fourth-order valence-electron chi connectivity index (χ4n) is 1.59. The third-order valence-electron chi connectivity index (χ3n) is 2.45. The molecule has 0 radical (unpaired) electrons. The lowest BCUT2D eigenvalue weighted by molar-refractivity contribution is 0.305. The van der Waals surface area contributed by atoms with Crippen molar-refractivity contribution in [3.05, 3.63) is 11.8 Å². The third-order valence-corrected chi connectivity index (χ3v) is 2.45. The summed E-state index contributed by atoms with van der Waals surface area (Å²) in [5, 5.41) is 6.39. The number of rotatable bonds is 8. The van der Waals surface area contributed by atoms with E-state index in [-0.39, 0.29) is 0 Å². The number of ether oxygens (including phenoxy) is 1. The first-order chi connectivity index (χ1) is 8.65. The highest BCUT2D eigenvalue weighted by atomic mass is 16.5. The Labute approximate surface area is 109 Å². The van der Waals surface area contributed by atoms with Crippen LogP contribution in [0.15, 0.2) is 6.07 Å². The highest BCUT2D eigenvalue weighted by Gasteiger charge is 2.05. The van der Waals surface area contributed by atoms with Crippen molar-refractivity contribution in [2.45, 2.75) is 27.2 Å². The molecule has 102 valence electrons. The van der Waals surface area contributed by atoms with E-state index in [9.17, 15) is 0 Å². The van der Waals surface area contributed by atoms with Crippen LogP contribution in [0.3, 0.4) is 0 Å². The van der Waals surface area contributed by atoms with Gasteiger partial charge in [0.05, 0.1) is 6.61 Å². The molecule has 0 bridgehead atoms. The molecule has 1 unspecified atom stereocenters. The van der Waals surface area contributed by atoms with Crippen LogP contribution in [0.2, 0.25) is 0 Å². The van der Waals surface area contributed by atoms with Gasteiger partial charge >= 0.3 is 0 Å². The molecule has 5 heteroatoms. The Hall–Kier alpha value is -1.36. The van der Waals surface area contributed by atoms with Crippen molar-refractivity contribution in [2.75, 3.05) is 32.1 Å². The van der Waals surface area contributed by atoms with Gasteiger partial charge in [0.1, 0.15) is 0 Å². The van der Waals surface area contributed by atoms with Gasteiger partial charge in [0.2, 0.25) is 11.8 Å². The Morgan fingerprint density at radius 1 is 1.33 bits per heavy atom. The molecule has 0 fully saturated rings. The van der Waals surface area contributed by atoms with Gasteiger partial charge in [-0.2, -0.15) is 4.98 Å². The maximum absolute atomic E-state index is 5.53. The van der Waals surface area contributed by atoms with E-state index in [0.717, 1.165) is 25.2 Å². The first-order valence-corrected chi connectivity index (χ1v) is 6.52. The smallest absolute Gasteiger partial charge is 0.226 e. The second kappa shape index (κ2) is 7.87. The van der Waals surface area contributed by atoms with Crippen LogP contribution in [0.1, 0.15) is 26.0 Å². The number of anilines is 1. The van der Waals surface area contributed by atoms with Gasteiger partial charge in [-0.15, -0.1) is 0 Å². The molecule has 2 N–H and O–H groups in total. The highest BCUT2D eigenvalue weighted by Crippen LogP contribution is 2.12. The average Bonchev–Trinajstić information content (AvgIpc) is 2.34. The quantitative estimate of drug-likeness (QED) is 0.739. The van der Waals surface area contributed by atoms with Crippen molar-refractivity contribution in [1.29, 1.82) is 0 Å². The molecule has 18 heavy (non-hydrogen) atoms. The Morgan fingerprint density at radius 3 is 2.78 bits per heavy atom. The zero-order valence-corrected chi connectivity index (χ0v) is 11.8. The van der Waals surface area contributed by atoms with E-state index in [4.69, 9.17) is 4.74 Å². The van der Waals surface area contributed by atoms with Crippen LogP contribution in [-0.4, -0.2) is 36.7 Å². The largest absolute Gasteiger partial charge is 0.478 e. The minimum Gasteiger partial charge on any atom is -0.478 e. The maximum Gasteiger partial charge on any atom is 0.226 e. The van der Waals surface area contributed by atoms with Gasteiger partial charge in [0.15, 0.2) is 0 Å². The topological polar surface area (TPSA) is 59.1 Å². The summed E-state index contributed by atoms with van der Waals surface area (Å²) in [5.74, 6) is 1.82. The van der Waals surface area contributed by atoms with Crippen molar-refractivity contribution in [3.8, 4) is 5.88 Å². The molecule has 0 aliphatic rings. The van der Waals surface area contributed by atoms with Crippen LogP contribution in [-0.2, 0) is 0 Å². The molecule has 0 saturated heterocycles. The Balaban J connectivity index is 2.56. The number of aromatic nitrogens is 2. The second-order valence-electron chi connectivity index (χ2n) is 4.56. The Morgan fingerprint density at radius 2 is 2.11 bits per heavy atom. The molecule has 1 aromatic rings. The molecule has 1 rings (SSSR count). The minimum atomic E-state index is 0.527. The lowest BCUT2D eigenvalue weighted by Gasteiger charge is -2.13. The summed E-state index contributed by atoms with van der Waals surface area (Å²) >= 11 is 0. The predicted molar refractivity (Wildman–Crippen MR) is 74.1 cm³/mol. The lowest BCUT2D eigenvalue weighted by Crippen LogP contribution is -2.23. The van der Waals surface area contributed by atoms with Crippen LogP contribution in [0.4, 0.5) is 5.95 Å². The molecule has 0 aliphatic carbocycles. The van der Waals surface area contributed by atoms with Gasteiger partial charge in [-0.25, -0.2) is 4.98 Å². The zero-order chi connectivity index (χ0) is 13.4. The van der Waals surface area contributed by atoms with Crippen molar-refractivity contribution >= 4 is 5.95 Å². The molecule has 1 heterocycles. The number of nitrogens with one attached hydrogen (secondary N) is 2. The number of hydrogen-bond donors (Lipinski definition) is 2. The van der Waals surface area contributed by atoms with E-state index >= 15 is 0 Å². The van der Waals surface area contributed by atoms with Crippen LogP contribution in [0.25, 0.3) is 0 Å². The summed E-state index contributed by atoms with van der Waals surface area (Å²) in [6.45, 7) is 8.70. The number of nitrogens with zero attached hydrogens (tertiary/aromatic N) is 2. The monoisotopic (exact) mass is 252 g/mol. The summed E-state index contributed by atoms with van der Waals surface area (Å²) in [6.07, 6.45) is 0.977. The number of aryl methyl sites for hydroxylation is 1. The average molecular weight is 252 g/mol. The van der Waals surface area contributed by atoms with E-state index in [1.165, 1.54) is 0 Å². The number of hydrogen-bond acceptors (Lipinski definition) is 5. The van der Waals surface area contributed by atoms with Crippen molar-refractivity contribution in [3.63, 3.8) is 0 Å². The van der Waals surface area contributed by atoms with E-state index in [0.29, 0.717) is 24.4 Å². The summed E-state index contributed by atoms with van der Waals surface area (Å²) in [6, 6.07) is 1.86. The molecule has 1 aromatic heterocycles. The maximum atomic E-state index is 5.53. The van der Waals surface area contributed by atoms with Crippen LogP contribution < -0.4 is 15.4 Å². The zero-order valence-electron chi connectivity index (χ0n) is 11.8. The molecule has 0 saturated carbocycles. The fourth-order valence-corrected chi connectivity index (χ4v) is 1.59. The standard InChI is InChI=1S/C13H24N4O/c1-5-6-18-12-7-11(3)16-13(17-12)15-9-10(2)8-14-4/h7,10,14H,5-6,8-9H2,1-4H3,(H,15,16,17). The molecule has 0 aliphatic heterocycles. The van der Waals surface area contributed by atoms with Crippen LogP contribution >= 0.6 is 0 Å². The van der Waals surface area contributed by atoms with Gasteiger partial charge in [0.25, 0.3) is 0 Å². The van der Waals surface area contributed by atoms with Crippen molar-refractivity contribution in [2.24, 2.45) is 5.92 Å². The molecule has 1 atom stereocenters. The summed E-state index contributed by atoms with van der Waals surface area (Å²) in [7, 11) is 1.95. The normalized spacial score (nSPS) is 12.2. The minimum absolute atomic E-state index is 0.527. The second-order valence-corrected chi connectivity index (χ2v) is 4.56. The first-order valence-electron chi connectivity index (χ1n) is 6.52. The van der Waals surface area contributed by atoms with E-state index < -0.39 is 0 Å². The SMILES string of the molecule is CCCOc1cc(C)nc(NCC(C)CNC)n1. The van der Waals surface area contributed by atoms with E-state index in [2.05, 4.69) is 34.4 Å². The highest BCUT2D eigenvalue weighted by molar-refractivity contribution is 5.30. The summed E-state index contributed by atoms with van der Waals surface area (Å²) in [4.78, 5) is 8.69. The lowest BCUT2D eigenvalue weighted by atomic mass is 10.2. The first kappa shape index (κ1) is 14.7. The molecule has 0 amide bonds. The van der Waals surface area contributed by atoms with Gasteiger partial charge in [0, 0.05) is 18.3 Å². The van der Waals surface area contributed by atoms with Gasteiger partial charge in [-0.05, 0) is 32.9 Å². The van der Waals surface area contributed by atoms with E-state index in [1.54, 1.807) is 0 Å². The fraction of sp³-hybridized carbons (Fsp3) is 0.692. The van der Waals surface area contributed by atoms with Crippen molar-refractivity contribution < 1.29 is 4.74 Å². The van der Waals surface area contributed by atoms with Gasteiger partial charge < -0.3 is 15.4 Å². The summed E-state index contributed by atoms with van der Waals surface area (Å²) in [5.41, 5.74) is 0.917. The summed E-state index contributed by atoms with van der Waals surface area (Å²) < 4.78 is 5.53.